The zero-order valence-corrected chi connectivity index (χ0v) is 21.2. The SMILES string of the molecule is CC1=C(C)C(=O)OC(C(C)C2CC(O)C3C4C5OC5C5(O)CC=CC(=O)C5(C)C4CC(O)C23C)C1. The van der Waals surface area contributed by atoms with E-state index in [0.29, 0.717) is 31.3 Å². The number of allylic oxidation sites excluding steroid dienone is 1. The summed E-state index contributed by atoms with van der Waals surface area (Å²) in [6, 6.07) is 0. The van der Waals surface area contributed by atoms with E-state index in [2.05, 4.69) is 13.8 Å². The highest BCUT2D eigenvalue weighted by atomic mass is 16.6. The third-order valence-electron chi connectivity index (χ3n) is 11.7. The summed E-state index contributed by atoms with van der Waals surface area (Å²) in [5.41, 5.74) is -1.27. The second kappa shape index (κ2) is 7.27. The monoisotopic (exact) mass is 486 g/mol. The molecule has 0 aromatic carbocycles. The van der Waals surface area contributed by atoms with Crippen molar-refractivity contribution in [3.63, 3.8) is 0 Å². The predicted octanol–water partition coefficient (Wildman–Crippen LogP) is 2.32. The van der Waals surface area contributed by atoms with Gasteiger partial charge < -0.3 is 24.8 Å². The molecule has 7 heteroatoms. The van der Waals surface area contributed by atoms with Gasteiger partial charge in [0, 0.05) is 17.4 Å². The van der Waals surface area contributed by atoms with Gasteiger partial charge in [0.05, 0.1) is 23.7 Å². The van der Waals surface area contributed by atoms with E-state index in [0.717, 1.165) is 5.57 Å². The van der Waals surface area contributed by atoms with Crippen molar-refractivity contribution in [1.29, 1.82) is 0 Å². The van der Waals surface area contributed by atoms with Crippen LogP contribution in [0, 0.1) is 40.4 Å². The number of ether oxygens (including phenoxy) is 2. The van der Waals surface area contributed by atoms with Crippen LogP contribution in [-0.4, -0.2) is 63.2 Å². The van der Waals surface area contributed by atoms with Crippen LogP contribution in [0.1, 0.15) is 60.3 Å². The van der Waals surface area contributed by atoms with Crippen molar-refractivity contribution in [3.05, 3.63) is 23.3 Å². The number of hydrogen-bond donors (Lipinski definition) is 3. The maximum Gasteiger partial charge on any atom is 0.333 e. The molecule has 0 radical (unpaired) electrons. The van der Waals surface area contributed by atoms with Crippen LogP contribution in [0.5, 0.6) is 0 Å². The van der Waals surface area contributed by atoms with Crippen LogP contribution in [0.2, 0.25) is 0 Å². The minimum atomic E-state index is -1.29. The third kappa shape index (κ3) is 2.76. The summed E-state index contributed by atoms with van der Waals surface area (Å²) in [5, 5.41) is 35.0. The number of carbonyl (C=O) groups is 2. The van der Waals surface area contributed by atoms with Crippen molar-refractivity contribution >= 4 is 11.8 Å². The fourth-order valence-corrected chi connectivity index (χ4v) is 9.31. The van der Waals surface area contributed by atoms with Gasteiger partial charge in [-0.3, -0.25) is 4.79 Å². The van der Waals surface area contributed by atoms with Crippen molar-refractivity contribution in [1.82, 2.24) is 0 Å². The molecule has 0 aromatic rings. The Balaban J connectivity index is 1.37. The minimum Gasteiger partial charge on any atom is -0.458 e. The maximum atomic E-state index is 13.3. The molecule has 13 unspecified atom stereocenters. The number of ketones is 1. The van der Waals surface area contributed by atoms with E-state index < -0.39 is 34.7 Å². The summed E-state index contributed by atoms with van der Waals surface area (Å²) in [6.07, 6.45) is 2.83. The van der Waals surface area contributed by atoms with Crippen molar-refractivity contribution in [3.8, 4) is 0 Å². The molecule has 0 spiro atoms. The highest BCUT2D eigenvalue weighted by Gasteiger charge is 2.79. The second-order valence-corrected chi connectivity index (χ2v) is 12.8. The van der Waals surface area contributed by atoms with Gasteiger partial charge in [0.1, 0.15) is 17.8 Å². The van der Waals surface area contributed by atoms with Crippen molar-refractivity contribution in [2.24, 2.45) is 40.4 Å². The Hall–Kier alpha value is -1.54. The van der Waals surface area contributed by atoms with Crippen molar-refractivity contribution in [2.75, 3.05) is 0 Å². The first-order valence-electron chi connectivity index (χ1n) is 13.2. The number of rotatable bonds is 2. The minimum absolute atomic E-state index is 0.0517. The lowest BCUT2D eigenvalue weighted by molar-refractivity contribution is -0.207. The molecule has 0 amide bonds. The number of aliphatic hydroxyl groups is 3. The van der Waals surface area contributed by atoms with Crippen LogP contribution in [-0.2, 0) is 19.1 Å². The van der Waals surface area contributed by atoms with E-state index in [1.807, 2.05) is 13.8 Å². The highest BCUT2D eigenvalue weighted by molar-refractivity contribution is 5.97. The van der Waals surface area contributed by atoms with Crippen LogP contribution in [0.15, 0.2) is 23.3 Å². The first-order valence-corrected chi connectivity index (χ1v) is 13.2. The summed E-state index contributed by atoms with van der Waals surface area (Å²) in [5.74, 6) is -1.19. The maximum absolute atomic E-state index is 13.3. The fourth-order valence-electron chi connectivity index (χ4n) is 9.31. The topological polar surface area (TPSA) is 117 Å². The quantitative estimate of drug-likeness (QED) is 0.405. The Labute approximate surface area is 206 Å². The Morgan fingerprint density at radius 1 is 1.14 bits per heavy atom. The van der Waals surface area contributed by atoms with Crippen LogP contribution in [0.3, 0.4) is 0 Å². The average Bonchev–Trinajstić information content (AvgIpc) is 3.55. The molecule has 6 rings (SSSR count). The van der Waals surface area contributed by atoms with Crippen LogP contribution in [0.4, 0.5) is 0 Å². The molecular formula is C28H38O7. The summed E-state index contributed by atoms with van der Waals surface area (Å²) in [4.78, 5) is 25.7. The van der Waals surface area contributed by atoms with Gasteiger partial charge in [0.15, 0.2) is 5.78 Å². The normalized spacial score (nSPS) is 55.5. The van der Waals surface area contributed by atoms with E-state index in [9.17, 15) is 24.9 Å². The van der Waals surface area contributed by atoms with Gasteiger partial charge in [-0.1, -0.05) is 25.5 Å². The van der Waals surface area contributed by atoms with Gasteiger partial charge in [0.2, 0.25) is 0 Å². The molecule has 13 atom stereocenters. The zero-order chi connectivity index (χ0) is 25.2. The number of esters is 1. The summed E-state index contributed by atoms with van der Waals surface area (Å²) in [7, 11) is 0. The van der Waals surface area contributed by atoms with Gasteiger partial charge >= 0.3 is 5.97 Å². The van der Waals surface area contributed by atoms with Gasteiger partial charge in [-0.15, -0.1) is 0 Å². The van der Waals surface area contributed by atoms with Gasteiger partial charge in [-0.05, 0) is 75.7 Å². The van der Waals surface area contributed by atoms with Gasteiger partial charge in [0.25, 0.3) is 0 Å². The van der Waals surface area contributed by atoms with Gasteiger partial charge in [-0.25, -0.2) is 4.79 Å². The Bertz CT molecular complexity index is 1050. The van der Waals surface area contributed by atoms with E-state index in [-0.39, 0.29) is 53.6 Å². The Kier molecular flexibility index (Phi) is 4.95. The van der Waals surface area contributed by atoms with Crippen LogP contribution >= 0.6 is 0 Å². The number of carbonyl (C=O) groups excluding carboxylic acids is 2. The molecule has 2 aliphatic heterocycles. The van der Waals surface area contributed by atoms with Crippen LogP contribution in [0.25, 0.3) is 0 Å². The first-order chi connectivity index (χ1) is 16.4. The fraction of sp³-hybridized carbons (Fsp3) is 0.786. The molecular weight excluding hydrogens is 448 g/mol. The third-order valence-corrected chi connectivity index (χ3v) is 11.7. The number of fused-ring (bicyclic) bond motifs is 8. The lowest BCUT2D eigenvalue weighted by atomic mass is 9.42. The van der Waals surface area contributed by atoms with Crippen LogP contribution < -0.4 is 0 Å². The molecule has 192 valence electrons. The number of cyclic esters (lactones) is 1. The second-order valence-electron chi connectivity index (χ2n) is 12.8. The molecule has 4 aliphatic carbocycles. The number of aliphatic hydroxyl groups excluding tert-OH is 2. The smallest absolute Gasteiger partial charge is 0.333 e. The molecule has 0 bridgehead atoms. The van der Waals surface area contributed by atoms with E-state index >= 15 is 0 Å². The average molecular weight is 487 g/mol. The van der Waals surface area contributed by atoms with Crippen molar-refractivity contribution < 1.29 is 34.4 Å². The Morgan fingerprint density at radius 3 is 2.54 bits per heavy atom. The molecule has 1 saturated heterocycles. The number of hydrogen-bond acceptors (Lipinski definition) is 7. The molecule has 3 saturated carbocycles. The molecule has 4 fully saturated rings. The standard InChI is InChI=1S/C28H38O7/c1-12-9-18(34-25(32)13(12)2)14(3)15-10-17(29)22-21-16(11-20(31)26(15,22)4)27(5)19(30)7-6-8-28(27,33)24-23(21)35-24/h6-7,14-18,20-24,29,31,33H,8-11H2,1-5H3. The largest absolute Gasteiger partial charge is 0.458 e. The van der Waals surface area contributed by atoms with E-state index in [4.69, 9.17) is 9.47 Å². The highest BCUT2D eigenvalue weighted by Crippen LogP contribution is 2.71. The van der Waals surface area contributed by atoms with Gasteiger partial charge in [-0.2, -0.15) is 0 Å². The van der Waals surface area contributed by atoms with E-state index in [1.54, 1.807) is 19.1 Å². The molecule has 0 aromatic heterocycles. The van der Waals surface area contributed by atoms with Crippen molar-refractivity contribution in [2.45, 2.75) is 96.4 Å². The molecule has 3 N–H and O–H groups in total. The predicted molar refractivity (Wildman–Crippen MR) is 126 cm³/mol. The Morgan fingerprint density at radius 2 is 1.86 bits per heavy atom. The summed E-state index contributed by atoms with van der Waals surface area (Å²) in [6.45, 7) is 9.73. The zero-order valence-electron chi connectivity index (χ0n) is 21.2. The van der Waals surface area contributed by atoms with E-state index in [1.165, 1.54) is 0 Å². The summed E-state index contributed by atoms with van der Waals surface area (Å²) >= 11 is 0. The molecule has 7 nitrogen and oxygen atoms in total. The number of epoxide rings is 1. The lowest BCUT2D eigenvalue weighted by Gasteiger charge is -2.61. The molecule has 35 heavy (non-hydrogen) atoms. The molecule has 2 heterocycles. The first kappa shape index (κ1) is 23.8. The molecule has 6 aliphatic rings. The summed E-state index contributed by atoms with van der Waals surface area (Å²) < 4.78 is 11.9. The lowest BCUT2D eigenvalue weighted by Crippen LogP contribution is -2.69.